The fourth-order valence-electron chi connectivity index (χ4n) is 6.71. The first-order valence-corrected chi connectivity index (χ1v) is 15.3. The van der Waals surface area contributed by atoms with E-state index in [-0.39, 0.29) is 0 Å². The van der Waals surface area contributed by atoms with Crippen LogP contribution in [0.25, 0.3) is 60.6 Å². The van der Waals surface area contributed by atoms with E-state index in [1.54, 1.807) is 0 Å². The molecule has 0 bridgehead atoms. The van der Waals surface area contributed by atoms with E-state index in [4.69, 9.17) is 4.42 Å². The quantitative estimate of drug-likeness (QED) is 0.203. The predicted molar refractivity (Wildman–Crippen MR) is 188 cm³/mol. The van der Waals surface area contributed by atoms with Crippen LogP contribution in [0.15, 0.2) is 174 Å². The summed E-state index contributed by atoms with van der Waals surface area (Å²) in [5.74, 6) is 0. The molecule has 0 radical (unpaired) electrons. The van der Waals surface area contributed by atoms with Crippen LogP contribution in [0.5, 0.6) is 0 Å². The molecule has 0 aliphatic carbocycles. The van der Waals surface area contributed by atoms with E-state index in [0.717, 1.165) is 44.7 Å². The highest BCUT2D eigenvalue weighted by Crippen LogP contribution is 2.39. The summed E-state index contributed by atoms with van der Waals surface area (Å²) in [7, 11) is 0. The Bertz CT molecular complexity index is 2430. The van der Waals surface area contributed by atoms with Crippen LogP contribution in [0.3, 0.4) is 0 Å². The summed E-state index contributed by atoms with van der Waals surface area (Å²) in [6, 6.07) is 60.2. The Labute approximate surface area is 260 Å². The molecule has 3 nitrogen and oxygen atoms in total. The summed E-state index contributed by atoms with van der Waals surface area (Å²) in [6.07, 6.45) is 0. The lowest BCUT2D eigenvalue weighted by molar-refractivity contribution is 0.669. The van der Waals surface area contributed by atoms with Gasteiger partial charge in [0.05, 0.1) is 11.0 Å². The molecule has 0 atom stereocenters. The van der Waals surface area contributed by atoms with Crippen LogP contribution in [-0.4, -0.2) is 4.57 Å². The molecule has 9 rings (SSSR count). The number of benzene rings is 7. The first-order valence-electron chi connectivity index (χ1n) is 15.3. The van der Waals surface area contributed by atoms with Gasteiger partial charge in [0.1, 0.15) is 11.2 Å². The highest BCUT2D eigenvalue weighted by atomic mass is 16.3. The van der Waals surface area contributed by atoms with Crippen LogP contribution in [0, 0.1) is 0 Å². The number of furan rings is 1. The second-order valence-corrected chi connectivity index (χ2v) is 11.4. The van der Waals surface area contributed by atoms with Crippen LogP contribution in [-0.2, 0) is 0 Å². The summed E-state index contributed by atoms with van der Waals surface area (Å²) in [6.45, 7) is 0. The highest BCUT2D eigenvalue weighted by molar-refractivity contribution is 6.09. The lowest BCUT2D eigenvalue weighted by atomic mass is 10.0. The minimum Gasteiger partial charge on any atom is -0.456 e. The SMILES string of the molecule is c1ccc(N(c2ccc(-c3cccc(-n4c5ccccc5c5ccccc54)c3)cc2)c2ccc3c(c2)oc2ccccc23)cc1. The first kappa shape index (κ1) is 25.4. The van der Waals surface area contributed by atoms with E-state index < -0.39 is 0 Å². The zero-order valence-corrected chi connectivity index (χ0v) is 24.5. The summed E-state index contributed by atoms with van der Waals surface area (Å²) in [5, 5.41) is 4.80. The Morgan fingerprint density at radius 3 is 1.73 bits per heavy atom. The van der Waals surface area contributed by atoms with E-state index >= 15 is 0 Å². The molecule has 0 aliphatic rings. The van der Waals surface area contributed by atoms with Gasteiger partial charge in [0.15, 0.2) is 0 Å². The average Bonchev–Trinajstić information content (AvgIpc) is 3.65. The van der Waals surface area contributed by atoms with Crippen molar-refractivity contribution in [2.75, 3.05) is 4.90 Å². The van der Waals surface area contributed by atoms with Gasteiger partial charge in [-0.3, -0.25) is 0 Å². The van der Waals surface area contributed by atoms with Gasteiger partial charge in [0.2, 0.25) is 0 Å². The van der Waals surface area contributed by atoms with E-state index in [2.05, 4.69) is 167 Å². The summed E-state index contributed by atoms with van der Waals surface area (Å²) in [5.41, 5.74) is 10.9. The number of fused-ring (bicyclic) bond motifs is 6. The molecule has 0 saturated heterocycles. The smallest absolute Gasteiger partial charge is 0.137 e. The molecular formula is C42H28N2O. The van der Waals surface area contributed by atoms with Gasteiger partial charge in [-0.1, -0.05) is 97.1 Å². The van der Waals surface area contributed by atoms with Gasteiger partial charge >= 0.3 is 0 Å². The standard InChI is InChI=1S/C42H28N2O/c1-2-12-31(13-3-1)43(34-25-26-38-37-17-6-9-20-41(37)45-42(38)28-34)32-23-21-29(22-24-32)30-11-10-14-33(27-30)44-39-18-7-4-15-35(39)36-16-5-8-19-40(36)44/h1-28H. The number of anilines is 3. The fourth-order valence-corrected chi connectivity index (χ4v) is 6.71. The topological polar surface area (TPSA) is 21.3 Å². The number of rotatable bonds is 5. The number of aromatic nitrogens is 1. The first-order chi connectivity index (χ1) is 22.3. The van der Waals surface area contributed by atoms with Crippen molar-refractivity contribution in [1.29, 1.82) is 0 Å². The van der Waals surface area contributed by atoms with Gasteiger partial charge in [0, 0.05) is 50.4 Å². The van der Waals surface area contributed by atoms with E-state index in [9.17, 15) is 0 Å². The number of hydrogen-bond acceptors (Lipinski definition) is 2. The van der Waals surface area contributed by atoms with Gasteiger partial charge in [-0.15, -0.1) is 0 Å². The Hall–Kier alpha value is -6.06. The lowest BCUT2D eigenvalue weighted by Gasteiger charge is -2.25. The molecule has 0 saturated carbocycles. The number of nitrogens with zero attached hydrogens (tertiary/aromatic N) is 2. The average molecular weight is 577 g/mol. The Kier molecular flexibility index (Phi) is 5.82. The van der Waals surface area contributed by atoms with Crippen molar-refractivity contribution in [3.63, 3.8) is 0 Å². The van der Waals surface area contributed by atoms with Crippen molar-refractivity contribution in [2.45, 2.75) is 0 Å². The zero-order valence-electron chi connectivity index (χ0n) is 24.5. The molecule has 0 fully saturated rings. The molecule has 0 aliphatic heterocycles. The largest absolute Gasteiger partial charge is 0.456 e. The lowest BCUT2D eigenvalue weighted by Crippen LogP contribution is -2.09. The molecule has 0 unspecified atom stereocenters. The third kappa shape index (κ3) is 4.21. The molecule has 45 heavy (non-hydrogen) atoms. The fraction of sp³-hybridized carbons (Fsp3) is 0. The number of hydrogen-bond donors (Lipinski definition) is 0. The molecule has 2 heterocycles. The Balaban J connectivity index is 1.12. The van der Waals surface area contributed by atoms with E-state index in [1.165, 1.54) is 32.9 Å². The van der Waals surface area contributed by atoms with Crippen LogP contribution >= 0.6 is 0 Å². The van der Waals surface area contributed by atoms with Gasteiger partial charge in [0.25, 0.3) is 0 Å². The molecule has 2 aromatic heterocycles. The van der Waals surface area contributed by atoms with Crippen molar-refractivity contribution in [3.05, 3.63) is 170 Å². The molecule has 3 heteroatoms. The maximum Gasteiger partial charge on any atom is 0.137 e. The second kappa shape index (κ2) is 10.3. The third-order valence-corrected chi connectivity index (χ3v) is 8.78. The third-order valence-electron chi connectivity index (χ3n) is 8.78. The molecule has 7 aromatic carbocycles. The molecule has 0 amide bonds. The zero-order chi connectivity index (χ0) is 29.7. The summed E-state index contributed by atoms with van der Waals surface area (Å²) < 4.78 is 8.63. The van der Waals surface area contributed by atoms with Gasteiger partial charge in [-0.2, -0.15) is 0 Å². The maximum absolute atomic E-state index is 6.26. The van der Waals surface area contributed by atoms with Crippen molar-refractivity contribution in [2.24, 2.45) is 0 Å². The molecule has 212 valence electrons. The minimum absolute atomic E-state index is 0.883. The summed E-state index contributed by atoms with van der Waals surface area (Å²) >= 11 is 0. The van der Waals surface area contributed by atoms with Crippen LogP contribution in [0.1, 0.15) is 0 Å². The van der Waals surface area contributed by atoms with Crippen molar-refractivity contribution < 1.29 is 4.42 Å². The normalized spacial score (nSPS) is 11.6. The van der Waals surface area contributed by atoms with Gasteiger partial charge in [-0.25, -0.2) is 0 Å². The maximum atomic E-state index is 6.26. The van der Waals surface area contributed by atoms with Crippen LogP contribution < -0.4 is 4.90 Å². The number of para-hydroxylation sites is 4. The van der Waals surface area contributed by atoms with Crippen molar-refractivity contribution in [1.82, 2.24) is 4.57 Å². The van der Waals surface area contributed by atoms with Crippen LogP contribution in [0.4, 0.5) is 17.1 Å². The van der Waals surface area contributed by atoms with Crippen molar-refractivity contribution in [3.8, 4) is 16.8 Å². The highest BCUT2D eigenvalue weighted by Gasteiger charge is 2.16. The Morgan fingerprint density at radius 1 is 0.378 bits per heavy atom. The van der Waals surface area contributed by atoms with E-state index in [1.807, 2.05) is 12.1 Å². The van der Waals surface area contributed by atoms with Gasteiger partial charge in [-0.05, 0) is 77.9 Å². The summed E-state index contributed by atoms with van der Waals surface area (Å²) in [4.78, 5) is 2.28. The molecule has 0 N–H and O–H groups in total. The second-order valence-electron chi connectivity index (χ2n) is 11.4. The molecular weight excluding hydrogens is 548 g/mol. The van der Waals surface area contributed by atoms with Crippen LogP contribution in [0.2, 0.25) is 0 Å². The monoisotopic (exact) mass is 576 g/mol. The molecule has 0 spiro atoms. The van der Waals surface area contributed by atoms with Gasteiger partial charge < -0.3 is 13.9 Å². The van der Waals surface area contributed by atoms with Crippen molar-refractivity contribution >= 4 is 60.8 Å². The minimum atomic E-state index is 0.883. The molecule has 9 aromatic rings. The Morgan fingerprint density at radius 2 is 0.978 bits per heavy atom. The predicted octanol–water partition coefficient (Wildman–Crippen LogP) is 11.8. The van der Waals surface area contributed by atoms with E-state index in [0.29, 0.717) is 0 Å².